The molecule has 0 saturated carbocycles. The van der Waals surface area contributed by atoms with Crippen LogP contribution < -0.4 is 5.63 Å². The molecule has 0 spiro atoms. The topological polar surface area (TPSA) is 117 Å². The van der Waals surface area contributed by atoms with Crippen molar-refractivity contribution in [2.45, 2.75) is 20.5 Å². The number of ketones is 1. The smallest absolute Gasteiger partial charge is 0.339 e. The normalized spacial score (nSPS) is 10.8. The standard InChI is InChI=1S/C26H18ClNO7/c1-14-7-9-18-17(12-23(29)35-25(18)15(14)2)13-34-26(31)20-6-4-3-5-19(20)24(30)16-8-10-21(27)22(11-16)28(32)33/h3-12H,13H2,1-2H3. The first-order valence-electron chi connectivity index (χ1n) is 10.4. The van der Waals surface area contributed by atoms with Crippen molar-refractivity contribution in [3.8, 4) is 0 Å². The SMILES string of the molecule is Cc1ccc2c(COC(=O)c3ccccc3C(=O)c3ccc(Cl)c([N+](=O)[O-])c3)cc(=O)oc2c1C. The fraction of sp³-hybridized carbons (Fsp3) is 0.115. The summed E-state index contributed by atoms with van der Waals surface area (Å²) in [6.07, 6.45) is 0. The van der Waals surface area contributed by atoms with Crippen LogP contribution in [-0.2, 0) is 11.3 Å². The van der Waals surface area contributed by atoms with Gasteiger partial charge in [-0.15, -0.1) is 0 Å². The van der Waals surface area contributed by atoms with Gasteiger partial charge in [0.05, 0.1) is 10.5 Å². The molecule has 176 valence electrons. The first-order valence-corrected chi connectivity index (χ1v) is 10.8. The lowest BCUT2D eigenvalue weighted by molar-refractivity contribution is -0.384. The summed E-state index contributed by atoms with van der Waals surface area (Å²) in [6, 6.07) is 14.6. The Bertz CT molecular complexity index is 1570. The number of ether oxygens (including phenoxy) is 1. The zero-order valence-corrected chi connectivity index (χ0v) is 19.4. The number of esters is 1. The molecule has 0 aliphatic heterocycles. The highest BCUT2D eigenvalue weighted by Gasteiger charge is 2.22. The van der Waals surface area contributed by atoms with Gasteiger partial charge in [-0.25, -0.2) is 9.59 Å². The van der Waals surface area contributed by atoms with Crippen LogP contribution in [0, 0.1) is 24.0 Å². The van der Waals surface area contributed by atoms with Gasteiger partial charge in [0.2, 0.25) is 0 Å². The summed E-state index contributed by atoms with van der Waals surface area (Å²) >= 11 is 5.84. The van der Waals surface area contributed by atoms with E-state index in [0.29, 0.717) is 16.5 Å². The average molecular weight is 492 g/mol. The van der Waals surface area contributed by atoms with Crippen molar-refractivity contribution in [1.82, 2.24) is 0 Å². The van der Waals surface area contributed by atoms with Crippen LogP contribution >= 0.6 is 11.6 Å². The fourth-order valence-corrected chi connectivity index (χ4v) is 3.86. The maximum atomic E-state index is 13.1. The summed E-state index contributed by atoms with van der Waals surface area (Å²) in [5, 5.41) is 11.7. The molecule has 35 heavy (non-hydrogen) atoms. The predicted octanol–water partition coefficient (Wildman–Crippen LogP) is 5.56. The highest BCUT2D eigenvalue weighted by Crippen LogP contribution is 2.27. The van der Waals surface area contributed by atoms with Crippen LogP contribution in [0.2, 0.25) is 5.02 Å². The lowest BCUT2D eigenvalue weighted by Gasteiger charge is -2.11. The zero-order chi connectivity index (χ0) is 25.3. The van der Waals surface area contributed by atoms with Crippen LogP contribution in [0.25, 0.3) is 11.0 Å². The summed E-state index contributed by atoms with van der Waals surface area (Å²) in [5.41, 5.74) is 1.64. The van der Waals surface area contributed by atoms with E-state index in [1.54, 1.807) is 18.2 Å². The summed E-state index contributed by atoms with van der Waals surface area (Å²) in [4.78, 5) is 48.6. The Labute approximate surface area is 203 Å². The van der Waals surface area contributed by atoms with E-state index in [0.717, 1.165) is 17.2 Å². The summed E-state index contributed by atoms with van der Waals surface area (Å²) in [7, 11) is 0. The van der Waals surface area contributed by atoms with Crippen molar-refractivity contribution >= 4 is 40.0 Å². The van der Waals surface area contributed by atoms with Crippen LogP contribution in [0.3, 0.4) is 0 Å². The third-order valence-corrected chi connectivity index (χ3v) is 5.99. The fourth-order valence-electron chi connectivity index (χ4n) is 3.67. The third-order valence-electron chi connectivity index (χ3n) is 5.67. The van der Waals surface area contributed by atoms with Crippen LogP contribution in [0.15, 0.2) is 69.9 Å². The van der Waals surface area contributed by atoms with Crippen LogP contribution in [0.5, 0.6) is 0 Å². The molecule has 1 aromatic heterocycles. The Morgan fingerprint density at radius 3 is 2.46 bits per heavy atom. The van der Waals surface area contributed by atoms with Crippen molar-refractivity contribution in [3.63, 3.8) is 0 Å². The second kappa shape index (κ2) is 9.52. The van der Waals surface area contributed by atoms with Crippen LogP contribution in [-0.4, -0.2) is 16.7 Å². The molecule has 0 bridgehead atoms. The maximum absolute atomic E-state index is 13.1. The number of hydrogen-bond acceptors (Lipinski definition) is 7. The van der Waals surface area contributed by atoms with Gasteiger partial charge in [0, 0.05) is 34.2 Å². The highest BCUT2D eigenvalue weighted by atomic mass is 35.5. The molecule has 4 aromatic rings. The number of nitro benzene ring substituents is 1. The van der Waals surface area contributed by atoms with Crippen molar-refractivity contribution < 1.29 is 23.7 Å². The van der Waals surface area contributed by atoms with Gasteiger partial charge in [0.25, 0.3) is 5.69 Å². The van der Waals surface area contributed by atoms with Crippen molar-refractivity contribution in [1.29, 1.82) is 0 Å². The highest BCUT2D eigenvalue weighted by molar-refractivity contribution is 6.33. The molecule has 0 saturated heterocycles. The molecule has 9 heteroatoms. The number of benzene rings is 3. The Hall–Kier alpha value is -4.30. The van der Waals surface area contributed by atoms with Crippen LogP contribution in [0.1, 0.15) is 43.0 Å². The van der Waals surface area contributed by atoms with Gasteiger partial charge in [-0.1, -0.05) is 41.9 Å². The molecule has 0 unspecified atom stereocenters. The minimum atomic E-state index is -0.789. The van der Waals surface area contributed by atoms with Crippen molar-refractivity contribution in [2.24, 2.45) is 0 Å². The minimum absolute atomic E-state index is 0.00106. The predicted molar refractivity (Wildman–Crippen MR) is 129 cm³/mol. The monoisotopic (exact) mass is 491 g/mol. The van der Waals surface area contributed by atoms with Gasteiger partial charge < -0.3 is 9.15 Å². The third kappa shape index (κ3) is 4.69. The van der Waals surface area contributed by atoms with Gasteiger partial charge in [-0.2, -0.15) is 0 Å². The lowest BCUT2D eigenvalue weighted by atomic mass is 9.98. The number of aryl methyl sites for hydroxylation is 2. The van der Waals surface area contributed by atoms with E-state index < -0.39 is 28.0 Å². The number of carbonyl (C=O) groups excluding carboxylic acids is 2. The largest absolute Gasteiger partial charge is 0.457 e. The zero-order valence-electron chi connectivity index (χ0n) is 18.7. The van der Waals surface area contributed by atoms with Gasteiger partial charge in [-0.3, -0.25) is 14.9 Å². The van der Waals surface area contributed by atoms with Gasteiger partial charge in [-0.05, 0) is 43.2 Å². The number of halogens is 1. The van der Waals surface area contributed by atoms with E-state index in [4.69, 9.17) is 20.8 Å². The summed E-state index contributed by atoms with van der Waals surface area (Å²) < 4.78 is 10.8. The Balaban J connectivity index is 1.64. The van der Waals surface area contributed by atoms with Crippen molar-refractivity contribution in [2.75, 3.05) is 0 Å². The van der Waals surface area contributed by atoms with E-state index in [-0.39, 0.29) is 28.3 Å². The van der Waals surface area contributed by atoms with Gasteiger partial charge in [0.1, 0.15) is 17.2 Å². The molecular formula is C26H18ClNO7. The molecular weight excluding hydrogens is 474 g/mol. The second-order valence-electron chi connectivity index (χ2n) is 7.85. The van der Waals surface area contributed by atoms with Crippen LogP contribution in [0.4, 0.5) is 5.69 Å². The van der Waals surface area contributed by atoms with E-state index in [1.807, 2.05) is 19.9 Å². The minimum Gasteiger partial charge on any atom is -0.457 e. The van der Waals surface area contributed by atoms with Crippen molar-refractivity contribution in [3.05, 3.63) is 120 Å². The van der Waals surface area contributed by atoms with E-state index >= 15 is 0 Å². The van der Waals surface area contributed by atoms with Gasteiger partial charge in [0.15, 0.2) is 5.78 Å². The van der Waals surface area contributed by atoms with E-state index in [1.165, 1.54) is 30.3 Å². The summed E-state index contributed by atoms with van der Waals surface area (Å²) in [6.45, 7) is 3.50. The maximum Gasteiger partial charge on any atom is 0.339 e. The number of fused-ring (bicyclic) bond motifs is 1. The molecule has 0 amide bonds. The molecule has 0 atom stereocenters. The van der Waals surface area contributed by atoms with E-state index in [2.05, 4.69) is 0 Å². The Morgan fingerprint density at radius 1 is 1.03 bits per heavy atom. The Morgan fingerprint density at radius 2 is 1.74 bits per heavy atom. The number of hydrogen-bond donors (Lipinski definition) is 0. The quantitative estimate of drug-likeness (QED) is 0.114. The lowest BCUT2D eigenvalue weighted by Crippen LogP contribution is -2.13. The number of nitro groups is 1. The summed E-state index contributed by atoms with van der Waals surface area (Å²) in [5.74, 6) is -1.39. The first kappa shape index (κ1) is 23.8. The van der Waals surface area contributed by atoms with E-state index in [9.17, 15) is 24.5 Å². The molecule has 0 fully saturated rings. The number of rotatable bonds is 6. The Kier molecular flexibility index (Phi) is 6.48. The molecule has 4 rings (SSSR count). The molecule has 0 aliphatic carbocycles. The molecule has 0 radical (unpaired) electrons. The number of carbonyl (C=O) groups is 2. The van der Waals surface area contributed by atoms with Gasteiger partial charge >= 0.3 is 11.6 Å². The second-order valence-corrected chi connectivity index (χ2v) is 8.26. The molecule has 0 aliphatic rings. The molecule has 1 heterocycles. The molecule has 3 aromatic carbocycles. The molecule has 8 nitrogen and oxygen atoms in total. The average Bonchev–Trinajstić information content (AvgIpc) is 2.84. The first-order chi connectivity index (χ1) is 16.7. The number of nitrogens with zero attached hydrogens (tertiary/aromatic N) is 1. The molecule has 0 N–H and O–H groups in total.